The molecule has 1 saturated heterocycles. The van der Waals surface area contributed by atoms with E-state index in [1.54, 1.807) is 6.20 Å². The summed E-state index contributed by atoms with van der Waals surface area (Å²) in [6, 6.07) is 6.10. The van der Waals surface area contributed by atoms with Crippen LogP contribution in [0, 0.1) is 5.92 Å². The Morgan fingerprint density at radius 1 is 1.42 bits per heavy atom. The van der Waals surface area contributed by atoms with Crippen molar-refractivity contribution in [2.75, 3.05) is 19.6 Å². The van der Waals surface area contributed by atoms with Crippen LogP contribution in [0.4, 0.5) is 0 Å². The molecule has 0 bridgehead atoms. The van der Waals surface area contributed by atoms with E-state index in [0.717, 1.165) is 31.6 Å². The molecule has 1 aliphatic rings. The van der Waals surface area contributed by atoms with Crippen molar-refractivity contribution >= 4 is 5.91 Å². The average molecular weight is 262 g/mol. The Kier molecular flexibility index (Phi) is 4.87. The van der Waals surface area contributed by atoms with Crippen LogP contribution < -0.4 is 11.5 Å². The maximum atomic E-state index is 10.9. The Bertz CT molecular complexity index is 401. The highest BCUT2D eigenvalue weighted by Crippen LogP contribution is 2.26. The molecule has 5 nitrogen and oxygen atoms in total. The zero-order valence-corrected chi connectivity index (χ0v) is 11.2. The molecular weight excluding hydrogens is 240 g/mol. The maximum absolute atomic E-state index is 10.9. The molecule has 0 aromatic carbocycles. The molecule has 0 saturated carbocycles. The molecule has 1 fully saturated rings. The molecule has 19 heavy (non-hydrogen) atoms. The molecule has 0 spiro atoms. The first kappa shape index (κ1) is 14.0. The molecule has 1 atom stereocenters. The Morgan fingerprint density at radius 2 is 2.16 bits per heavy atom. The van der Waals surface area contributed by atoms with E-state index in [4.69, 9.17) is 11.5 Å². The summed E-state index contributed by atoms with van der Waals surface area (Å²) in [7, 11) is 0. The molecule has 4 N–H and O–H groups in total. The lowest BCUT2D eigenvalue weighted by atomic mass is 9.92. The molecule has 2 rings (SSSR count). The molecular formula is C14H22N4O. The first-order valence-electron chi connectivity index (χ1n) is 6.84. The second-order valence-corrected chi connectivity index (χ2v) is 5.16. The van der Waals surface area contributed by atoms with Crippen LogP contribution in [0.1, 0.15) is 31.0 Å². The van der Waals surface area contributed by atoms with Gasteiger partial charge >= 0.3 is 0 Å². The average Bonchev–Trinajstić information content (AvgIpc) is 2.42. The number of nitrogens with zero attached hydrogens (tertiary/aromatic N) is 2. The number of hydrogen-bond acceptors (Lipinski definition) is 4. The number of hydrogen-bond donors (Lipinski definition) is 2. The predicted molar refractivity (Wildman–Crippen MR) is 74.1 cm³/mol. The summed E-state index contributed by atoms with van der Waals surface area (Å²) in [4.78, 5) is 17.7. The smallest absolute Gasteiger partial charge is 0.217 e. The second-order valence-electron chi connectivity index (χ2n) is 5.16. The van der Waals surface area contributed by atoms with Gasteiger partial charge in [-0.2, -0.15) is 0 Å². The number of piperidine rings is 1. The predicted octanol–water partition coefficient (Wildman–Crippen LogP) is 0.669. The highest BCUT2D eigenvalue weighted by atomic mass is 16.1. The number of rotatable bonds is 5. The van der Waals surface area contributed by atoms with Crippen LogP contribution in [0.15, 0.2) is 24.4 Å². The van der Waals surface area contributed by atoms with Crippen molar-refractivity contribution < 1.29 is 4.79 Å². The van der Waals surface area contributed by atoms with Gasteiger partial charge in [0.1, 0.15) is 0 Å². The first-order valence-corrected chi connectivity index (χ1v) is 6.84. The SMILES string of the molecule is NCC(c1ccccn1)N1CCC(CC(N)=O)CC1. The fourth-order valence-corrected chi connectivity index (χ4v) is 2.78. The number of carbonyl (C=O) groups excluding carboxylic acids is 1. The minimum atomic E-state index is -0.196. The van der Waals surface area contributed by atoms with Gasteiger partial charge in [0.15, 0.2) is 0 Å². The standard InChI is InChI=1S/C14H22N4O/c15-10-13(12-3-1-2-6-17-12)18-7-4-11(5-8-18)9-14(16)19/h1-3,6,11,13H,4-5,7-10,15H2,(H2,16,19). The Labute approximate surface area is 114 Å². The van der Waals surface area contributed by atoms with E-state index in [1.807, 2.05) is 18.2 Å². The van der Waals surface area contributed by atoms with Crippen molar-refractivity contribution in [3.8, 4) is 0 Å². The van der Waals surface area contributed by atoms with Crippen LogP contribution >= 0.6 is 0 Å². The van der Waals surface area contributed by atoms with E-state index in [0.29, 0.717) is 18.9 Å². The van der Waals surface area contributed by atoms with Gasteiger partial charge in [0.05, 0.1) is 11.7 Å². The number of aromatic nitrogens is 1. The van der Waals surface area contributed by atoms with Crippen molar-refractivity contribution in [3.05, 3.63) is 30.1 Å². The monoisotopic (exact) mass is 262 g/mol. The van der Waals surface area contributed by atoms with Gasteiger partial charge in [-0.1, -0.05) is 6.07 Å². The van der Waals surface area contributed by atoms with Gasteiger partial charge in [-0.05, 0) is 44.0 Å². The highest BCUT2D eigenvalue weighted by Gasteiger charge is 2.26. The van der Waals surface area contributed by atoms with Crippen LogP contribution in [0.25, 0.3) is 0 Å². The van der Waals surface area contributed by atoms with Gasteiger partial charge in [-0.15, -0.1) is 0 Å². The van der Waals surface area contributed by atoms with E-state index in [9.17, 15) is 4.79 Å². The lowest BCUT2D eigenvalue weighted by Crippen LogP contribution is -2.40. The third-order valence-corrected chi connectivity index (χ3v) is 3.83. The van der Waals surface area contributed by atoms with E-state index < -0.39 is 0 Å². The Hall–Kier alpha value is -1.46. The first-order chi connectivity index (χ1) is 9.20. The normalized spacial score (nSPS) is 19.2. The van der Waals surface area contributed by atoms with Gasteiger partial charge in [-0.3, -0.25) is 14.7 Å². The number of primary amides is 1. The van der Waals surface area contributed by atoms with Crippen LogP contribution in [0.2, 0.25) is 0 Å². The van der Waals surface area contributed by atoms with Crippen molar-refractivity contribution in [2.24, 2.45) is 17.4 Å². The molecule has 0 radical (unpaired) electrons. The minimum absolute atomic E-state index is 0.177. The molecule has 104 valence electrons. The number of amides is 1. The molecule has 0 aliphatic carbocycles. The zero-order chi connectivity index (χ0) is 13.7. The van der Waals surface area contributed by atoms with Gasteiger partial charge in [0.25, 0.3) is 0 Å². The third-order valence-electron chi connectivity index (χ3n) is 3.83. The van der Waals surface area contributed by atoms with Crippen molar-refractivity contribution in [2.45, 2.75) is 25.3 Å². The minimum Gasteiger partial charge on any atom is -0.370 e. The maximum Gasteiger partial charge on any atom is 0.217 e. The van der Waals surface area contributed by atoms with Crippen LogP contribution in [-0.2, 0) is 4.79 Å². The zero-order valence-electron chi connectivity index (χ0n) is 11.2. The number of pyridine rings is 1. The second kappa shape index (κ2) is 6.63. The lowest BCUT2D eigenvalue weighted by Gasteiger charge is -2.36. The fourth-order valence-electron chi connectivity index (χ4n) is 2.78. The lowest BCUT2D eigenvalue weighted by molar-refractivity contribution is -0.119. The van der Waals surface area contributed by atoms with Crippen LogP contribution in [0.3, 0.4) is 0 Å². The van der Waals surface area contributed by atoms with Crippen LogP contribution in [0.5, 0.6) is 0 Å². The fraction of sp³-hybridized carbons (Fsp3) is 0.571. The molecule has 5 heteroatoms. The Balaban J connectivity index is 1.94. The van der Waals surface area contributed by atoms with Gasteiger partial charge < -0.3 is 11.5 Å². The summed E-state index contributed by atoms with van der Waals surface area (Å²) < 4.78 is 0. The van der Waals surface area contributed by atoms with Crippen molar-refractivity contribution in [1.29, 1.82) is 0 Å². The molecule has 2 heterocycles. The molecule has 1 amide bonds. The summed E-state index contributed by atoms with van der Waals surface area (Å²) in [5.74, 6) is 0.231. The molecule has 1 aliphatic heterocycles. The largest absolute Gasteiger partial charge is 0.370 e. The molecule has 1 aromatic heterocycles. The quantitative estimate of drug-likeness (QED) is 0.816. The summed E-state index contributed by atoms with van der Waals surface area (Å²) >= 11 is 0. The molecule has 1 unspecified atom stereocenters. The van der Waals surface area contributed by atoms with E-state index in [1.165, 1.54) is 0 Å². The summed E-state index contributed by atoms with van der Waals surface area (Å²) in [6.45, 7) is 2.48. The molecule has 1 aromatic rings. The number of likely N-dealkylation sites (tertiary alicyclic amines) is 1. The van der Waals surface area contributed by atoms with Crippen molar-refractivity contribution in [1.82, 2.24) is 9.88 Å². The topological polar surface area (TPSA) is 85.2 Å². The highest BCUT2D eigenvalue weighted by molar-refractivity contribution is 5.73. The van der Waals surface area contributed by atoms with E-state index in [2.05, 4.69) is 9.88 Å². The van der Waals surface area contributed by atoms with Crippen LogP contribution in [-0.4, -0.2) is 35.4 Å². The summed E-state index contributed by atoms with van der Waals surface area (Å²) in [6.07, 6.45) is 4.32. The summed E-state index contributed by atoms with van der Waals surface area (Å²) in [5.41, 5.74) is 12.2. The Morgan fingerprint density at radius 3 is 2.68 bits per heavy atom. The van der Waals surface area contributed by atoms with E-state index >= 15 is 0 Å². The van der Waals surface area contributed by atoms with Gasteiger partial charge in [0, 0.05) is 19.2 Å². The van der Waals surface area contributed by atoms with E-state index in [-0.39, 0.29) is 11.9 Å². The van der Waals surface area contributed by atoms with Crippen molar-refractivity contribution in [3.63, 3.8) is 0 Å². The number of carbonyl (C=O) groups is 1. The van der Waals surface area contributed by atoms with Gasteiger partial charge in [-0.25, -0.2) is 0 Å². The third kappa shape index (κ3) is 3.75. The number of nitrogens with two attached hydrogens (primary N) is 2. The van der Waals surface area contributed by atoms with Gasteiger partial charge in [0.2, 0.25) is 5.91 Å². The summed E-state index contributed by atoms with van der Waals surface area (Å²) in [5, 5.41) is 0.